The zero-order valence-electron chi connectivity index (χ0n) is 15.3. The van der Waals surface area contributed by atoms with Gasteiger partial charge in [0.15, 0.2) is 11.5 Å². The summed E-state index contributed by atoms with van der Waals surface area (Å²) in [6.45, 7) is 0.258. The third kappa shape index (κ3) is 4.14. The summed E-state index contributed by atoms with van der Waals surface area (Å²) in [7, 11) is 0. The van der Waals surface area contributed by atoms with E-state index in [9.17, 15) is 9.59 Å². The van der Waals surface area contributed by atoms with E-state index in [1.165, 1.54) is 0 Å². The zero-order valence-corrected chi connectivity index (χ0v) is 16.9. The van der Waals surface area contributed by atoms with Gasteiger partial charge < -0.3 is 20.1 Å². The van der Waals surface area contributed by atoms with Crippen molar-refractivity contribution in [3.05, 3.63) is 52.5 Å². The SMILES string of the molecule is O=C(CCNC(=O)c1ccc(Br)cc1)Nc1ccc2c(c1)OC1(CCCC1)O2. The number of halogens is 1. The Morgan fingerprint density at radius 2 is 1.71 bits per heavy atom. The predicted molar refractivity (Wildman–Crippen MR) is 109 cm³/mol. The highest BCUT2D eigenvalue weighted by Crippen LogP contribution is 2.47. The molecule has 1 heterocycles. The Morgan fingerprint density at radius 1 is 1.00 bits per heavy atom. The topological polar surface area (TPSA) is 76.7 Å². The molecular formula is C21H21BrN2O4. The van der Waals surface area contributed by atoms with Gasteiger partial charge in [-0.25, -0.2) is 0 Å². The van der Waals surface area contributed by atoms with Crippen LogP contribution in [-0.2, 0) is 4.79 Å². The lowest BCUT2D eigenvalue weighted by molar-refractivity contribution is -0.116. The Kier molecular flexibility index (Phi) is 5.26. The first-order chi connectivity index (χ1) is 13.5. The summed E-state index contributed by atoms with van der Waals surface area (Å²) < 4.78 is 12.9. The van der Waals surface area contributed by atoms with E-state index in [2.05, 4.69) is 26.6 Å². The van der Waals surface area contributed by atoms with Gasteiger partial charge in [-0.2, -0.15) is 0 Å². The van der Waals surface area contributed by atoms with Gasteiger partial charge >= 0.3 is 0 Å². The van der Waals surface area contributed by atoms with Crippen LogP contribution < -0.4 is 20.1 Å². The van der Waals surface area contributed by atoms with E-state index in [0.29, 0.717) is 17.0 Å². The Balaban J connectivity index is 1.27. The number of nitrogens with one attached hydrogen (secondary N) is 2. The van der Waals surface area contributed by atoms with Gasteiger partial charge in [-0.15, -0.1) is 0 Å². The normalized spacial score (nSPS) is 16.2. The molecule has 1 spiro atoms. The van der Waals surface area contributed by atoms with Gasteiger partial charge in [-0.3, -0.25) is 9.59 Å². The third-order valence-electron chi connectivity index (χ3n) is 4.93. The number of anilines is 1. The highest BCUT2D eigenvalue weighted by atomic mass is 79.9. The minimum absolute atomic E-state index is 0.175. The van der Waals surface area contributed by atoms with Crippen LogP contribution >= 0.6 is 15.9 Å². The fourth-order valence-corrected chi connectivity index (χ4v) is 3.77. The van der Waals surface area contributed by atoms with E-state index in [1.54, 1.807) is 36.4 Å². The second-order valence-corrected chi connectivity index (χ2v) is 7.96. The van der Waals surface area contributed by atoms with Crippen LogP contribution in [0.15, 0.2) is 46.9 Å². The van der Waals surface area contributed by atoms with Crippen molar-refractivity contribution in [2.45, 2.75) is 37.9 Å². The molecule has 1 aliphatic heterocycles. The van der Waals surface area contributed by atoms with Gasteiger partial charge in [0, 0.05) is 47.6 Å². The van der Waals surface area contributed by atoms with Gasteiger partial charge in [0.1, 0.15) is 0 Å². The lowest BCUT2D eigenvalue weighted by atomic mass is 10.2. The van der Waals surface area contributed by atoms with Crippen molar-refractivity contribution in [2.24, 2.45) is 0 Å². The van der Waals surface area contributed by atoms with Crippen molar-refractivity contribution in [3.63, 3.8) is 0 Å². The Hall–Kier alpha value is -2.54. The zero-order chi connectivity index (χ0) is 19.6. The van der Waals surface area contributed by atoms with E-state index >= 15 is 0 Å². The first-order valence-corrected chi connectivity index (χ1v) is 10.2. The Bertz CT molecular complexity index is 892. The van der Waals surface area contributed by atoms with Crippen LogP contribution in [0.5, 0.6) is 11.5 Å². The van der Waals surface area contributed by atoms with Crippen molar-refractivity contribution in [2.75, 3.05) is 11.9 Å². The molecule has 1 aliphatic carbocycles. The molecule has 2 aromatic rings. The minimum atomic E-state index is -0.512. The number of amides is 2. The predicted octanol–water partition coefficient (Wildman–Crippen LogP) is 4.25. The van der Waals surface area contributed by atoms with Crippen LogP contribution in [0, 0.1) is 0 Å². The average Bonchev–Trinajstić information content (AvgIpc) is 3.27. The monoisotopic (exact) mass is 444 g/mol. The van der Waals surface area contributed by atoms with Crippen molar-refractivity contribution < 1.29 is 19.1 Å². The van der Waals surface area contributed by atoms with Crippen molar-refractivity contribution in [3.8, 4) is 11.5 Å². The maximum Gasteiger partial charge on any atom is 0.251 e. The molecule has 4 rings (SSSR count). The van der Waals surface area contributed by atoms with Gasteiger partial charge in [0.2, 0.25) is 5.91 Å². The second kappa shape index (κ2) is 7.83. The fourth-order valence-electron chi connectivity index (χ4n) is 3.51. The summed E-state index contributed by atoms with van der Waals surface area (Å²) in [6.07, 6.45) is 4.16. The first-order valence-electron chi connectivity index (χ1n) is 9.39. The van der Waals surface area contributed by atoms with Crippen LogP contribution in [0.25, 0.3) is 0 Å². The molecule has 28 heavy (non-hydrogen) atoms. The number of hydrogen-bond acceptors (Lipinski definition) is 4. The molecule has 0 unspecified atom stereocenters. The molecule has 0 saturated heterocycles. The van der Waals surface area contributed by atoms with Gasteiger partial charge in [-0.1, -0.05) is 15.9 Å². The minimum Gasteiger partial charge on any atom is -0.448 e. The summed E-state index contributed by atoms with van der Waals surface area (Å²) >= 11 is 3.33. The smallest absolute Gasteiger partial charge is 0.251 e. The number of hydrogen-bond donors (Lipinski definition) is 2. The van der Waals surface area contributed by atoms with E-state index < -0.39 is 5.79 Å². The largest absolute Gasteiger partial charge is 0.448 e. The highest BCUT2D eigenvalue weighted by Gasteiger charge is 2.44. The summed E-state index contributed by atoms with van der Waals surface area (Å²) in [5, 5.41) is 5.59. The van der Waals surface area contributed by atoms with Crippen LogP contribution in [0.4, 0.5) is 5.69 Å². The van der Waals surface area contributed by atoms with Gasteiger partial charge in [0.05, 0.1) is 0 Å². The number of benzene rings is 2. The number of carbonyl (C=O) groups excluding carboxylic acids is 2. The van der Waals surface area contributed by atoms with Gasteiger partial charge in [-0.05, 0) is 49.2 Å². The molecule has 7 heteroatoms. The molecule has 2 N–H and O–H groups in total. The number of ether oxygens (including phenoxy) is 2. The number of fused-ring (bicyclic) bond motifs is 1. The molecular weight excluding hydrogens is 424 g/mol. The summed E-state index contributed by atoms with van der Waals surface area (Å²) in [5.41, 5.74) is 1.21. The second-order valence-electron chi connectivity index (χ2n) is 7.04. The molecule has 1 fully saturated rings. The van der Waals surface area contributed by atoms with Crippen LogP contribution in [0.1, 0.15) is 42.5 Å². The molecule has 0 radical (unpaired) electrons. The molecule has 0 aromatic heterocycles. The van der Waals surface area contributed by atoms with E-state index in [1.807, 2.05) is 6.07 Å². The molecule has 146 valence electrons. The van der Waals surface area contributed by atoms with E-state index in [-0.39, 0.29) is 24.8 Å². The van der Waals surface area contributed by atoms with E-state index in [0.717, 1.165) is 35.9 Å². The van der Waals surface area contributed by atoms with Crippen molar-refractivity contribution in [1.29, 1.82) is 0 Å². The first kappa shape index (κ1) is 18.8. The van der Waals surface area contributed by atoms with Crippen molar-refractivity contribution in [1.82, 2.24) is 5.32 Å². The molecule has 0 atom stereocenters. The molecule has 2 aliphatic rings. The Labute approximate surface area is 171 Å². The van der Waals surface area contributed by atoms with E-state index in [4.69, 9.17) is 9.47 Å². The fraction of sp³-hybridized carbons (Fsp3) is 0.333. The molecule has 0 bridgehead atoms. The average molecular weight is 445 g/mol. The van der Waals surface area contributed by atoms with Crippen LogP contribution in [0.3, 0.4) is 0 Å². The standard InChI is InChI=1S/C21H21BrN2O4/c22-15-5-3-14(4-6-15)20(26)23-12-9-19(25)24-16-7-8-17-18(13-16)28-21(27-17)10-1-2-11-21/h3-8,13H,1-2,9-12H2,(H,23,26)(H,24,25). The molecule has 2 amide bonds. The molecule has 1 saturated carbocycles. The number of carbonyl (C=O) groups is 2. The summed E-state index contributed by atoms with van der Waals surface area (Å²) in [6, 6.07) is 12.5. The van der Waals surface area contributed by atoms with Gasteiger partial charge in [0.25, 0.3) is 11.7 Å². The lowest BCUT2D eigenvalue weighted by Crippen LogP contribution is -2.34. The third-order valence-corrected chi connectivity index (χ3v) is 5.46. The van der Waals surface area contributed by atoms with Crippen molar-refractivity contribution >= 4 is 33.4 Å². The summed E-state index contributed by atoms with van der Waals surface area (Å²) in [5.74, 6) is 0.503. The summed E-state index contributed by atoms with van der Waals surface area (Å²) in [4.78, 5) is 24.2. The maximum absolute atomic E-state index is 12.2. The quantitative estimate of drug-likeness (QED) is 0.722. The molecule has 2 aromatic carbocycles. The Morgan fingerprint density at radius 3 is 2.46 bits per heavy atom. The molecule has 6 nitrogen and oxygen atoms in total. The van der Waals surface area contributed by atoms with Crippen LogP contribution in [0.2, 0.25) is 0 Å². The lowest BCUT2D eigenvalue weighted by Gasteiger charge is -2.21. The maximum atomic E-state index is 12.2. The van der Waals surface area contributed by atoms with Crippen LogP contribution in [-0.4, -0.2) is 24.1 Å². The number of rotatable bonds is 5. The highest BCUT2D eigenvalue weighted by molar-refractivity contribution is 9.10.